The predicted molar refractivity (Wildman–Crippen MR) is 83.9 cm³/mol. The summed E-state index contributed by atoms with van der Waals surface area (Å²) < 4.78 is 5.27. The van der Waals surface area contributed by atoms with Gasteiger partial charge in [0.25, 0.3) is 5.89 Å². The van der Waals surface area contributed by atoms with Crippen LogP contribution in [0.15, 0.2) is 29.0 Å². The molecule has 2 aromatic rings. The third-order valence-corrected chi connectivity index (χ3v) is 3.43. The molecule has 0 radical (unpaired) electrons. The Morgan fingerprint density at radius 1 is 1.24 bits per heavy atom. The Kier molecular flexibility index (Phi) is 5.90. The van der Waals surface area contributed by atoms with Gasteiger partial charge in [-0.15, -0.1) is 12.4 Å². The van der Waals surface area contributed by atoms with E-state index in [1.807, 2.05) is 24.3 Å². The van der Waals surface area contributed by atoms with E-state index in [1.165, 1.54) is 19.3 Å². The number of rotatable bonds is 3. The number of hydrogen-bond donors (Lipinski definition) is 1. The van der Waals surface area contributed by atoms with Crippen molar-refractivity contribution in [3.63, 3.8) is 0 Å². The number of halogens is 1. The van der Waals surface area contributed by atoms with Gasteiger partial charge in [0.05, 0.1) is 6.04 Å². The minimum Gasteiger partial charge on any atom is -0.335 e. The minimum atomic E-state index is 0. The van der Waals surface area contributed by atoms with Crippen molar-refractivity contribution >= 4 is 24.6 Å². The van der Waals surface area contributed by atoms with Crippen molar-refractivity contribution in [3.05, 3.63) is 41.8 Å². The molecule has 0 amide bonds. The molecule has 0 saturated carbocycles. The fourth-order valence-electron chi connectivity index (χ4n) is 2.35. The SMILES string of the molecule is C(=Cc1nc(C2CCCCCN2)no1)c1cccnc1.Cl. The Bertz CT molecular complexity index is 562. The standard InChI is InChI=1S/C15H18N4O.ClH/c1-2-6-13(17-10-3-1)15-18-14(20-19-15)8-7-12-5-4-9-16-11-12;/h4-5,7-9,11,13,17H,1-3,6,10H2;1H. The maximum atomic E-state index is 5.27. The average molecular weight is 307 g/mol. The van der Waals surface area contributed by atoms with E-state index in [-0.39, 0.29) is 18.4 Å². The first-order valence-electron chi connectivity index (χ1n) is 7.07. The van der Waals surface area contributed by atoms with Crippen LogP contribution in [0.3, 0.4) is 0 Å². The molecule has 5 nitrogen and oxygen atoms in total. The van der Waals surface area contributed by atoms with E-state index in [0.29, 0.717) is 5.89 Å². The highest BCUT2D eigenvalue weighted by atomic mass is 35.5. The Hall–Kier alpha value is -1.72. The highest BCUT2D eigenvalue weighted by Gasteiger charge is 2.18. The van der Waals surface area contributed by atoms with Crippen molar-refractivity contribution in [1.29, 1.82) is 0 Å². The van der Waals surface area contributed by atoms with Gasteiger partial charge in [0.2, 0.25) is 0 Å². The summed E-state index contributed by atoms with van der Waals surface area (Å²) in [6, 6.07) is 4.10. The molecule has 6 heteroatoms. The van der Waals surface area contributed by atoms with Crippen LogP contribution in [0, 0.1) is 0 Å². The summed E-state index contributed by atoms with van der Waals surface area (Å²) in [7, 11) is 0. The smallest absolute Gasteiger partial charge is 0.250 e. The van der Waals surface area contributed by atoms with Crippen molar-refractivity contribution in [3.8, 4) is 0 Å². The molecule has 3 rings (SSSR count). The molecule has 0 bridgehead atoms. The highest BCUT2D eigenvalue weighted by molar-refractivity contribution is 5.85. The molecule has 0 aromatic carbocycles. The number of nitrogens with zero attached hydrogens (tertiary/aromatic N) is 3. The van der Waals surface area contributed by atoms with Crippen molar-refractivity contribution in [2.75, 3.05) is 6.54 Å². The maximum Gasteiger partial charge on any atom is 0.250 e. The first kappa shape index (κ1) is 15.7. The summed E-state index contributed by atoms with van der Waals surface area (Å²) in [5.74, 6) is 1.30. The van der Waals surface area contributed by atoms with Gasteiger partial charge in [0, 0.05) is 18.5 Å². The Labute approximate surface area is 130 Å². The summed E-state index contributed by atoms with van der Waals surface area (Å²) >= 11 is 0. The van der Waals surface area contributed by atoms with Crippen LogP contribution in [0.1, 0.15) is 49.0 Å². The minimum absolute atomic E-state index is 0. The van der Waals surface area contributed by atoms with Crippen molar-refractivity contribution in [1.82, 2.24) is 20.4 Å². The van der Waals surface area contributed by atoms with Crippen LogP contribution < -0.4 is 5.32 Å². The second-order valence-corrected chi connectivity index (χ2v) is 4.97. The quantitative estimate of drug-likeness (QED) is 0.943. The molecule has 2 aromatic heterocycles. The highest BCUT2D eigenvalue weighted by Crippen LogP contribution is 2.20. The van der Waals surface area contributed by atoms with Crippen LogP contribution in [0.2, 0.25) is 0 Å². The number of hydrogen-bond acceptors (Lipinski definition) is 5. The van der Waals surface area contributed by atoms with E-state index in [0.717, 1.165) is 24.4 Å². The van der Waals surface area contributed by atoms with Gasteiger partial charge in [0.1, 0.15) is 0 Å². The molecule has 0 aliphatic carbocycles. The Balaban J connectivity index is 0.00000161. The maximum absolute atomic E-state index is 5.27. The van der Waals surface area contributed by atoms with Gasteiger partial charge in [-0.25, -0.2) is 0 Å². The van der Waals surface area contributed by atoms with E-state index >= 15 is 0 Å². The second-order valence-electron chi connectivity index (χ2n) is 4.97. The molecule has 1 unspecified atom stereocenters. The van der Waals surface area contributed by atoms with Crippen molar-refractivity contribution in [2.45, 2.75) is 31.7 Å². The van der Waals surface area contributed by atoms with Crippen LogP contribution in [-0.2, 0) is 0 Å². The molecular formula is C15H19ClN4O. The topological polar surface area (TPSA) is 63.8 Å². The fourth-order valence-corrected chi connectivity index (χ4v) is 2.35. The van der Waals surface area contributed by atoms with Gasteiger partial charge in [-0.3, -0.25) is 4.98 Å². The summed E-state index contributed by atoms with van der Waals surface area (Å²) in [5.41, 5.74) is 1.01. The Morgan fingerprint density at radius 2 is 2.19 bits per heavy atom. The lowest BCUT2D eigenvalue weighted by Crippen LogP contribution is -2.21. The van der Waals surface area contributed by atoms with Crippen LogP contribution >= 0.6 is 12.4 Å². The summed E-state index contributed by atoms with van der Waals surface area (Å²) in [4.78, 5) is 8.50. The van der Waals surface area contributed by atoms with Gasteiger partial charge in [-0.2, -0.15) is 4.98 Å². The van der Waals surface area contributed by atoms with Crippen LogP contribution in [0.25, 0.3) is 12.2 Å². The Morgan fingerprint density at radius 3 is 3.05 bits per heavy atom. The van der Waals surface area contributed by atoms with Gasteiger partial charge in [-0.05, 0) is 37.1 Å². The van der Waals surface area contributed by atoms with Gasteiger partial charge in [-0.1, -0.05) is 24.1 Å². The second kappa shape index (κ2) is 7.90. The lowest BCUT2D eigenvalue weighted by atomic mass is 10.1. The largest absolute Gasteiger partial charge is 0.335 e. The van der Waals surface area contributed by atoms with E-state index in [9.17, 15) is 0 Å². The lowest BCUT2D eigenvalue weighted by molar-refractivity contribution is 0.388. The number of pyridine rings is 1. The number of aromatic nitrogens is 3. The molecule has 112 valence electrons. The van der Waals surface area contributed by atoms with E-state index in [2.05, 4.69) is 20.4 Å². The van der Waals surface area contributed by atoms with E-state index < -0.39 is 0 Å². The monoisotopic (exact) mass is 306 g/mol. The zero-order valence-electron chi connectivity index (χ0n) is 11.7. The average Bonchev–Trinajstić information content (AvgIpc) is 2.80. The molecule has 1 atom stereocenters. The van der Waals surface area contributed by atoms with Gasteiger partial charge in [0.15, 0.2) is 5.82 Å². The molecule has 3 heterocycles. The summed E-state index contributed by atoms with van der Waals surface area (Å²) in [6.07, 6.45) is 12.1. The number of nitrogens with one attached hydrogen (secondary N) is 1. The molecule has 0 spiro atoms. The zero-order valence-corrected chi connectivity index (χ0v) is 12.6. The van der Waals surface area contributed by atoms with Crippen molar-refractivity contribution < 1.29 is 4.52 Å². The predicted octanol–water partition coefficient (Wildman–Crippen LogP) is 3.26. The summed E-state index contributed by atoms with van der Waals surface area (Å²) in [6.45, 7) is 1.03. The molecule has 21 heavy (non-hydrogen) atoms. The van der Waals surface area contributed by atoms with Crippen molar-refractivity contribution in [2.24, 2.45) is 0 Å². The first-order valence-corrected chi connectivity index (χ1v) is 7.07. The lowest BCUT2D eigenvalue weighted by Gasteiger charge is -2.09. The molecule has 1 aliphatic heterocycles. The molecular weight excluding hydrogens is 288 g/mol. The molecule has 1 N–H and O–H groups in total. The van der Waals surface area contributed by atoms with Gasteiger partial charge < -0.3 is 9.84 Å². The van der Waals surface area contributed by atoms with Crippen LogP contribution in [0.5, 0.6) is 0 Å². The van der Waals surface area contributed by atoms with E-state index in [4.69, 9.17) is 4.52 Å². The van der Waals surface area contributed by atoms with Crippen LogP contribution in [-0.4, -0.2) is 21.7 Å². The molecule has 1 aliphatic rings. The molecule has 1 fully saturated rings. The normalized spacial score (nSPS) is 19.1. The van der Waals surface area contributed by atoms with E-state index in [1.54, 1.807) is 12.4 Å². The fraction of sp³-hybridized carbons (Fsp3) is 0.400. The molecule has 1 saturated heterocycles. The van der Waals surface area contributed by atoms with Gasteiger partial charge >= 0.3 is 0 Å². The van der Waals surface area contributed by atoms with Crippen LogP contribution in [0.4, 0.5) is 0 Å². The third kappa shape index (κ3) is 4.37. The summed E-state index contributed by atoms with van der Waals surface area (Å²) in [5, 5.41) is 7.54. The third-order valence-electron chi connectivity index (χ3n) is 3.43. The zero-order chi connectivity index (χ0) is 13.6. The first-order chi connectivity index (χ1) is 9.92.